The van der Waals surface area contributed by atoms with Crippen molar-refractivity contribution in [3.05, 3.63) is 28.3 Å². The van der Waals surface area contributed by atoms with Gasteiger partial charge in [0.15, 0.2) is 0 Å². The van der Waals surface area contributed by atoms with Crippen LogP contribution in [0, 0.1) is 6.92 Å². The number of anilines is 1. The Labute approximate surface area is 116 Å². The normalized spacial score (nSPS) is 10.7. The van der Waals surface area contributed by atoms with Crippen molar-refractivity contribution >= 4 is 23.0 Å². The van der Waals surface area contributed by atoms with Gasteiger partial charge in [0.05, 0.1) is 17.2 Å². The predicted octanol–water partition coefficient (Wildman–Crippen LogP) is 3.64. The summed E-state index contributed by atoms with van der Waals surface area (Å²) in [6.45, 7) is 6.03. The summed E-state index contributed by atoms with van der Waals surface area (Å²) in [5.41, 5.74) is 7.32. The lowest BCUT2D eigenvalue weighted by atomic mass is 10.2. The van der Waals surface area contributed by atoms with E-state index in [9.17, 15) is 4.79 Å². The van der Waals surface area contributed by atoms with E-state index in [2.05, 4.69) is 0 Å². The molecular weight excluding hydrogens is 262 g/mol. The number of nitrogens with two attached hydrogens (primary N) is 1. The van der Waals surface area contributed by atoms with Crippen LogP contribution in [-0.2, 0) is 11.2 Å². The van der Waals surface area contributed by atoms with Crippen LogP contribution in [0.2, 0.25) is 0 Å². The molecule has 19 heavy (non-hydrogen) atoms. The number of esters is 1. The van der Waals surface area contributed by atoms with E-state index in [1.54, 1.807) is 6.92 Å². The summed E-state index contributed by atoms with van der Waals surface area (Å²) in [5, 5.41) is 0. The molecule has 2 aromatic heterocycles. The maximum absolute atomic E-state index is 11.8. The molecule has 102 valence electrons. The topological polar surface area (TPSA) is 65.5 Å². The van der Waals surface area contributed by atoms with Crippen molar-refractivity contribution in [2.75, 3.05) is 12.3 Å². The zero-order chi connectivity index (χ0) is 14.0. The molecule has 2 N–H and O–H groups in total. The standard InChI is InChI=1S/C14H17NO3S/c1-4-9-6-7-10(18-9)12-8(3)11(15)13(19-12)14(16)17-5-2/h6-7H,4-5,15H2,1-3H3. The van der Waals surface area contributed by atoms with Crippen LogP contribution < -0.4 is 5.73 Å². The van der Waals surface area contributed by atoms with E-state index >= 15 is 0 Å². The van der Waals surface area contributed by atoms with Gasteiger partial charge in [-0.2, -0.15) is 0 Å². The minimum absolute atomic E-state index is 0.339. The van der Waals surface area contributed by atoms with E-state index in [1.807, 2.05) is 26.0 Å². The first-order valence-corrected chi connectivity index (χ1v) is 7.05. The average Bonchev–Trinajstić information content (AvgIpc) is 2.97. The van der Waals surface area contributed by atoms with Crippen LogP contribution in [-0.4, -0.2) is 12.6 Å². The number of nitrogen functional groups attached to an aromatic ring is 1. The quantitative estimate of drug-likeness (QED) is 0.868. The van der Waals surface area contributed by atoms with Crippen LogP contribution in [0.3, 0.4) is 0 Å². The van der Waals surface area contributed by atoms with Gasteiger partial charge < -0.3 is 14.9 Å². The average molecular weight is 279 g/mol. The first-order chi connectivity index (χ1) is 9.08. The second kappa shape index (κ2) is 5.48. The van der Waals surface area contributed by atoms with E-state index in [1.165, 1.54) is 11.3 Å². The number of aryl methyl sites for hydroxylation is 1. The number of furan rings is 1. The number of rotatable bonds is 4. The molecule has 0 fully saturated rings. The van der Waals surface area contributed by atoms with Crippen LogP contribution in [0.4, 0.5) is 5.69 Å². The second-order valence-electron chi connectivity index (χ2n) is 4.14. The Hall–Kier alpha value is -1.75. The first-order valence-electron chi connectivity index (χ1n) is 6.23. The Morgan fingerprint density at radius 3 is 2.74 bits per heavy atom. The van der Waals surface area contributed by atoms with Gasteiger partial charge in [0, 0.05) is 6.42 Å². The van der Waals surface area contributed by atoms with Crippen LogP contribution in [0.15, 0.2) is 16.5 Å². The molecule has 0 aliphatic carbocycles. The van der Waals surface area contributed by atoms with E-state index < -0.39 is 0 Å². The fourth-order valence-corrected chi connectivity index (χ4v) is 2.88. The maximum Gasteiger partial charge on any atom is 0.350 e. The molecule has 0 aromatic carbocycles. The fraction of sp³-hybridized carbons (Fsp3) is 0.357. The Balaban J connectivity index is 2.42. The maximum atomic E-state index is 11.8. The summed E-state index contributed by atoms with van der Waals surface area (Å²) in [7, 11) is 0. The van der Waals surface area contributed by atoms with Gasteiger partial charge in [0.1, 0.15) is 16.4 Å². The van der Waals surface area contributed by atoms with Gasteiger partial charge in [0.2, 0.25) is 0 Å². The zero-order valence-electron chi connectivity index (χ0n) is 11.3. The van der Waals surface area contributed by atoms with Crippen molar-refractivity contribution in [1.29, 1.82) is 0 Å². The number of hydrogen-bond acceptors (Lipinski definition) is 5. The summed E-state index contributed by atoms with van der Waals surface area (Å²) in [4.78, 5) is 13.1. The van der Waals surface area contributed by atoms with Crippen molar-refractivity contribution in [2.24, 2.45) is 0 Å². The van der Waals surface area contributed by atoms with Gasteiger partial charge in [-0.15, -0.1) is 11.3 Å². The van der Waals surface area contributed by atoms with Crippen molar-refractivity contribution in [2.45, 2.75) is 27.2 Å². The predicted molar refractivity (Wildman–Crippen MR) is 76.5 cm³/mol. The molecule has 2 rings (SSSR count). The molecule has 2 heterocycles. The highest BCUT2D eigenvalue weighted by Crippen LogP contribution is 2.39. The van der Waals surface area contributed by atoms with Crippen molar-refractivity contribution in [3.63, 3.8) is 0 Å². The zero-order valence-corrected chi connectivity index (χ0v) is 12.1. The number of carbonyl (C=O) groups is 1. The molecular formula is C14H17NO3S. The Morgan fingerprint density at radius 1 is 1.42 bits per heavy atom. The third kappa shape index (κ3) is 2.51. The van der Waals surface area contributed by atoms with E-state index in [4.69, 9.17) is 14.9 Å². The molecule has 5 heteroatoms. The Bertz CT molecular complexity index is 598. The van der Waals surface area contributed by atoms with Crippen LogP contribution in [0.25, 0.3) is 10.6 Å². The molecule has 0 unspecified atom stereocenters. The summed E-state index contributed by atoms with van der Waals surface area (Å²) in [5.74, 6) is 1.29. The van der Waals surface area contributed by atoms with Crippen molar-refractivity contribution < 1.29 is 13.9 Å². The fourth-order valence-electron chi connectivity index (χ4n) is 1.80. The summed E-state index contributed by atoms with van der Waals surface area (Å²) >= 11 is 1.32. The van der Waals surface area contributed by atoms with Crippen molar-refractivity contribution in [1.82, 2.24) is 0 Å². The molecule has 0 bridgehead atoms. The summed E-state index contributed by atoms with van der Waals surface area (Å²) in [6.07, 6.45) is 0.838. The molecule has 0 saturated carbocycles. The minimum atomic E-state index is -0.373. The molecule has 0 saturated heterocycles. The highest BCUT2D eigenvalue weighted by Gasteiger charge is 2.21. The van der Waals surface area contributed by atoms with Crippen LogP contribution in [0.5, 0.6) is 0 Å². The number of thiophene rings is 1. The third-order valence-corrected chi connectivity index (χ3v) is 4.19. The molecule has 0 radical (unpaired) electrons. The third-order valence-electron chi connectivity index (χ3n) is 2.89. The second-order valence-corrected chi connectivity index (χ2v) is 5.16. The lowest BCUT2D eigenvalue weighted by molar-refractivity contribution is 0.0533. The number of carbonyl (C=O) groups excluding carboxylic acids is 1. The lowest BCUT2D eigenvalue weighted by Gasteiger charge is -1.99. The SMILES string of the molecule is CCOC(=O)c1sc(-c2ccc(CC)o2)c(C)c1N. The van der Waals surface area contributed by atoms with Gasteiger partial charge >= 0.3 is 5.97 Å². The van der Waals surface area contributed by atoms with E-state index in [0.717, 1.165) is 28.4 Å². The Morgan fingerprint density at radius 2 is 2.16 bits per heavy atom. The van der Waals surface area contributed by atoms with Crippen LogP contribution in [0.1, 0.15) is 34.8 Å². The molecule has 0 aliphatic rings. The van der Waals surface area contributed by atoms with E-state index in [0.29, 0.717) is 17.2 Å². The van der Waals surface area contributed by atoms with Gasteiger partial charge in [-0.1, -0.05) is 6.92 Å². The van der Waals surface area contributed by atoms with Gasteiger partial charge in [-0.3, -0.25) is 0 Å². The van der Waals surface area contributed by atoms with Crippen molar-refractivity contribution in [3.8, 4) is 10.6 Å². The first kappa shape index (κ1) is 13.7. The molecule has 4 nitrogen and oxygen atoms in total. The number of ether oxygens (including phenoxy) is 1. The summed E-state index contributed by atoms with van der Waals surface area (Å²) in [6, 6.07) is 3.85. The lowest BCUT2D eigenvalue weighted by Crippen LogP contribution is -2.05. The smallest absolute Gasteiger partial charge is 0.350 e. The Kier molecular flexibility index (Phi) is 3.95. The molecule has 0 aliphatic heterocycles. The van der Waals surface area contributed by atoms with Gasteiger partial charge in [0.25, 0.3) is 0 Å². The minimum Gasteiger partial charge on any atom is -0.462 e. The highest BCUT2D eigenvalue weighted by molar-refractivity contribution is 7.18. The molecule has 2 aromatic rings. The van der Waals surface area contributed by atoms with Gasteiger partial charge in [-0.25, -0.2) is 4.79 Å². The largest absolute Gasteiger partial charge is 0.462 e. The van der Waals surface area contributed by atoms with E-state index in [-0.39, 0.29) is 5.97 Å². The van der Waals surface area contributed by atoms with Gasteiger partial charge in [-0.05, 0) is 31.5 Å². The molecule has 0 spiro atoms. The number of hydrogen-bond donors (Lipinski definition) is 1. The highest BCUT2D eigenvalue weighted by atomic mass is 32.1. The summed E-state index contributed by atoms with van der Waals surface area (Å²) < 4.78 is 10.7. The van der Waals surface area contributed by atoms with Crippen LogP contribution >= 0.6 is 11.3 Å². The monoisotopic (exact) mass is 279 g/mol. The molecule has 0 amide bonds. The molecule has 0 atom stereocenters.